The summed E-state index contributed by atoms with van der Waals surface area (Å²) in [7, 11) is 0. The first-order valence-corrected chi connectivity index (χ1v) is 15.7. The molecule has 1 heterocycles. The van der Waals surface area contributed by atoms with E-state index in [-0.39, 0.29) is 23.8 Å². The molecule has 0 radical (unpaired) electrons. The minimum Gasteiger partial charge on any atom is -0.347 e. The van der Waals surface area contributed by atoms with Gasteiger partial charge in [-0.25, -0.2) is 0 Å². The first-order chi connectivity index (χ1) is 21.2. The number of nitrogens with zero attached hydrogens (tertiary/aromatic N) is 2. The van der Waals surface area contributed by atoms with Gasteiger partial charge in [0, 0.05) is 24.8 Å². The molecule has 0 unspecified atom stereocenters. The van der Waals surface area contributed by atoms with Gasteiger partial charge in [0.25, 0.3) is 5.91 Å². The third-order valence-corrected chi connectivity index (χ3v) is 9.14. The summed E-state index contributed by atoms with van der Waals surface area (Å²) in [6, 6.07) is 3.83. The Morgan fingerprint density at radius 2 is 1.58 bits per heavy atom. The molecular weight excluding hydrogens is 589 g/mol. The molecular formula is C32H41F3N6O4. The summed E-state index contributed by atoms with van der Waals surface area (Å²) in [5.74, 6) is -3.56. The van der Waals surface area contributed by atoms with E-state index in [9.17, 15) is 32.3 Å². The molecule has 244 valence electrons. The Morgan fingerprint density at radius 1 is 0.911 bits per heavy atom. The third kappa shape index (κ3) is 7.50. The van der Waals surface area contributed by atoms with E-state index < -0.39 is 42.0 Å². The molecule has 4 amide bonds. The van der Waals surface area contributed by atoms with Gasteiger partial charge in [-0.3, -0.25) is 23.9 Å². The Balaban J connectivity index is 1.30. The van der Waals surface area contributed by atoms with Crippen molar-refractivity contribution in [3.8, 4) is 0 Å². The van der Waals surface area contributed by atoms with Crippen molar-refractivity contribution in [3.05, 3.63) is 47.3 Å². The van der Waals surface area contributed by atoms with Gasteiger partial charge in [-0.05, 0) is 99.5 Å². The molecule has 3 aliphatic carbocycles. The van der Waals surface area contributed by atoms with Crippen LogP contribution in [0, 0.1) is 23.7 Å². The normalized spacial score (nSPS) is 19.9. The van der Waals surface area contributed by atoms with Crippen molar-refractivity contribution in [2.75, 3.05) is 5.32 Å². The molecule has 4 N–H and O–H groups in total. The second kappa shape index (κ2) is 12.8. The van der Waals surface area contributed by atoms with E-state index in [4.69, 9.17) is 0 Å². The highest BCUT2D eigenvalue weighted by Crippen LogP contribution is 2.51. The van der Waals surface area contributed by atoms with Crippen LogP contribution in [-0.2, 0) is 20.8 Å². The highest BCUT2D eigenvalue weighted by molar-refractivity contribution is 6.01. The number of hydrogen-bond donors (Lipinski definition) is 4. The van der Waals surface area contributed by atoms with E-state index >= 15 is 0 Å². The highest BCUT2D eigenvalue weighted by atomic mass is 19.4. The number of aromatic nitrogens is 2. The average Bonchev–Trinajstić information content (AvgIpc) is 3.90. The third-order valence-electron chi connectivity index (χ3n) is 9.14. The summed E-state index contributed by atoms with van der Waals surface area (Å²) in [6.45, 7) is 5.79. The Labute approximate surface area is 260 Å². The quantitative estimate of drug-likeness (QED) is 0.275. The Hall–Kier alpha value is -3.90. The standard InChI is InChI=1S/C32H41F3N6O4/c1-16(2)41-25(13-14-36-41)29(43)40-28(26(19-5-6-19)20-7-8-20)31(45)38-22-10-11-23-21(15-22)9-12-24(23)39-30(44)27(37-18(4)42)17(3)32(33,34)35/h10-11,13-17,19-20,24,26-28H,5-9,12H2,1-4H3,(H,37,42)(H,38,45)(H,39,44)(H,40,43)/t17-,24-,27-,28+/m1/s1. The lowest BCUT2D eigenvalue weighted by Crippen LogP contribution is -2.53. The van der Waals surface area contributed by atoms with Gasteiger partial charge in [0.2, 0.25) is 17.7 Å². The summed E-state index contributed by atoms with van der Waals surface area (Å²) in [4.78, 5) is 51.7. The first-order valence-electron chi connectivity index (χ1n) is 15.7. The van der Waals surface area contributed by atoms with Crippen LogP contribution in [0.4, 0.5) is 18.9 Å². The van der Waals surface area contributed by atoms with Crippen molar-refractivity contribution < 1.29 is 32.3 Å². The number of amides is 4. The number of halogens is 3. The molecule has 0 aliphatic heterocycles. The molecule has 1 aromatic carbocycles. The van der Waals surface area contributed by atoms with Crippen LogP contribution in [0.1, 0.15) is 93.5 Å². The maximum Gasteiger partial charge on any atom is 0.394 e. The summed E-state index contributed by atoms with van der Waals surface area (Å²) < 4.78 is 41.9. The van der Waals surface area contributed by atoms with Gasteiger partial charge in [0.05, 0.1) is 12.0 Å². The minimum absolute atomic E-state index is 0.0277. The van der Waals surface area contributed by atoms with E-state index in [1.165, 1.54) is 0 Å². The zero-order chi connectivity index (χ0) is 32.6. The molecule has 2 aromatic rings. The lowest BCUT2D eigenvalue weighted by molar-refractivity contribution is -0.181. The van der Waals surface area contributed by atoms with Gasteiger partial charge in [0.1, 0.15) is 17.8 Å². The fraction of sp³-hybridized carbons (Fsp3) is 0.594. The second-order valence-corrected chi connectivity index (χ2v) is 13.0. The van der Waals surface area contributed by atoms with Gasteiger partial charge in [-0.2, -0.15) is 18.3 Å². The molecule has 5 rings (SSSR count). The molecule has 0 spiro atoms. The van der Waals surface area contributed by atoms with Gasteiger partial charge >= 0.3 is 6.18 Å². The SMILES string of the molecule is CC(=O)N[C@@H](C(=O)N[C@@H]1CCc2cc(NC(=O)[C@@H](NC(=O)c3ccnn3C(C)C)C(C3CC3)C3CC3)ccc21)[C@@H](C)C(F)(F)F. The van der Waals surface area contributed by atoms with E-state index in [1.807, 2.05) is 13.8 Å². The number of carbonyl (C=O) groups is 4. The van der Waals surface area contributed by atoms with Gasteiger partial charge in [-0.15, -0.1) is 0 Å². The largest absolute Gasteiger partial charge is 0.394 e. The lowest BCUT2D eigenvalue weighted by Gasteiger charge is -2.28. The molecule has 4 atom stereocenters. The maximum absolute atomic E-state index is 13.8. The van der Waals surface area contributed by atoms with E-state index in [2.05, 4.69) is 26.4 Å². The van der Waals surface area contributed by atoms with Crippen LogP contribution >= 0.6 is 0 Å². The molecule has 1 aromatic heterocycles. The van der Waals surface area contributed by atoms with Crippen LogP contribution in [0.15, 0.2) is 30.5 Å². The predicted molar refractivity (Wildman–Crippen MR) is 160 cm³/mol. The summed E-state index contributed by atoms with van der Waals surface area (Å²) in [6.07, 6.45) is 2.01. The van der Waals surface area contributed by atoms with E-state index in [1.54, 1.807) is 35.1 Å². The van der Waals surface area contributed by atoms with Crippen LogP contribution in [0.3, 0.4) is 0 Å². The van der Waals surface area contributed by atoms with Crippen molar-refractivity contribution in [2.24, 2.45) is 23.7 Å². The van der Waals surface area contributed by atoms with Crippen molar-refractivity contribution in [1.29, 1.82) is 0 Å². The predicted octanol–water partition coefficient (Wildman–Crippen LogP) is 4.44. The number of fused-ring (bicyclic) bond motifs is 1. The van der Waals surface area contributed by atoms with Gasteiger partial charge < -0.3 is 21.3 Å². The molecule has 0 bridgehead atoms. The van der Waals surface area contributed by atoms with E-state index in [0.717, 1.165) is 50.7 Å². The molecule has 0 saturated heterocycles. The molecule has 3 aliphatic rings. The number of nitrogens with one attached hydrogen (secondary N) is 4. The number of anilines is 1. The Kier molecular flexibility index (Phi) is 9.27. The van der Waals surface area contributed by atoms with Crippen molar-refractivity contribution in [1.82, 2.24) is 25.7 Å². The molecule has 13 heteroatoms. The fourth-order valence-corrected chi connectivity index (χ4v) is 6.50. The highest BCUT2D eigenvalue weighted by Gasteiger charge is 2.49. The monoisotopic (exact) mass is 630 g/mol. The Bertz CT molecular complexity index is 1440. The molecule has 2 fully saturated rings. The number of aryl methyl sites for hydroxylation is 1. The number of carbonyl (C=O) groups excluding carboxylic acids is 4. The molecule has 10 nitrogen and oxygen atoms in total. The zero-order valence-electron chi connectivity index (χ0n) is 25.9. The Morgan fingerprint density at radius 3 is 2.16 bits per heavy atom. The van der Waals surface area contributed by atoms with Crippen LogP contribution in [-0.4, -0.2) is 51.7 Å². The maximum atomic E-state index is 13.8. The number of rotatable bonds is 12. The smallest absolute Gasteiger partial charge is 0.347 e. The van der Waals surface area contributed by atoms with Crippen molar-refractivity contribution in [2.45, 2.75) is 96.6 Å². The zero-order valence-corrected chi connectivity index (χ0v) is 25.9. The second-order valence-electron chi connectivity index (χ2n) is 13.0. The fourth-order valence-electron chi connectivity index (χ4n) is 6.50. The van der Waals surface area contributed by atoms with Crippen LogP contribution in [0.25, 0.3) is 0 Å². The van der Waals surface area contributed by atoms with Gasteiger partial charge in [0.15, 0.2) is 0 Å². The number of alkyl halides is 3. The van der Waals surface area contributed by atoms with Crippen LogP contribution in [0.2, 0.25) is 0 Å². The van der Waals surface area contributed by atoms with Crippen LogP contribution in [0.5, 0.6) is 0 Å². The van der Waals surface area contributed by atoms with Crippen LogP contribution < -0.4 is 21.3 Å². The van der Waals surface area contributed by atoms with Crippen molar-refractivity contribution >= 4 is 29.3 Å². The topological polar surface area (TPSA) is 134 Å². The summed E-state index contributed by atoms with van der Waals surface area (Å²) in [5.41, 5.74) is 2.51. The number of hydrogen-bond acceptors (Lipinski definition) is 5. The summed E-state index contributed by atoms with van der Waals surface area (Å²) >= 11 is 0. The van der Waals surface area contributed by atoms with Crippen molar-refractivity contribution in [3.63, 3.8) is 0 Å². The number of benzene rings is 1. The van der Waals surface area contributed by atoms with E-state index in [0.29, 0.717) is 36.1 Å². The summed E-state index contributed by atoms with van der Waals surface area (Å²) in [5, 5.41) is 15.1. The molecule has 2 saturated carbocycles. The average molecular weight is 631 g/mol. The minimum atomic E-state index is -4.67. The lowest BCUT2D eigenvalue weighted by atomic mass is 9.88. The molecule has 45 heavy (non-hydrogen) atoms. The first kappa shape index (κ1) is 32.5. The van der Waals surface area contributed by atoms with Gasteiger partial charge in [-0.1, -0.05) is 13.0 Å².